The van der Waals surface area contributed by atoms with Gasteiger partial charge in [-0.1, -0.05) is 19.8 Å². The molecule has 2 rings (SSSR count). The van der Waals surface area contributed by atoms with E-state index >= 15 is 0 Å². The SMILES string of the molecule is CCCCCNC(=O)c1ccc(N2CCCC2)cn1. The molecule has 0 bridgehead atoms. The molecule has 0 unspecified atom stereocenters. The smallest absolute Gasteiger partial charge is 0.269 e. The standard InChI is InChI=1S/C15H23N3O/c1-2-3-4-9-16-15(19)14-8-7-13(12-17-14)18-10-5-6-11-18/h7-8,12H,2-6,9-11H2,1H3,(H,16,19). The molecule has 1 saturated heterocycles. The maximum Gasteiger partial charge on any atom is 0.269 e. The second-order valence-electron chi connectivity index (χ2n) is 5.06. The third-order valence-corrected chi connectivity index (χ3v) is 3.52. The van der Waals surface area contributed by atoms with Crippen LogP contribution in [0.3, 0.4) is 0 Å². The largest absolute Gasteiger partial charge is 0.370 e. The van der Waals surface area contributed by atoms with E-state index in [2.05, 4.69) is 22.1 Å². The summed E-state index contributed by atoms with van der Waals surface area (Å²) in [5.74, 6) is -0.0657. The van der Waals surface area contributed by atoms with Crippen LogP contribution in [0.5, 0.6) is 0 Å². The number of unbranched alkanes of at least 4 members (excludes halogenated alkanes) is 2. The highest BCUT2D eigenvalue weighted by Crippen LogP contribution is 2.18. The van der Waals surface area contributed by atoms with E-state index < -0.39 is 0 Å². The monoisotopic (exact) mass is 261 g/mol. The number of nitrogens with one attached hydrogen (secondary N) is 1. The summed E-state index contributed by atoms with van der Waals surface area (Å²) in [6.45, 7) is 5.09. The number of carbonyl (C=O) groups excluding carboxylic acids is 1. The maximum atomic E-state index is 11.9. The molecule has 1 N–H and O–H groups in total. The van der Waals surface area contributed by atoms with Crippen LogP contribution in [0.1, 0.15) is 49.5 Å². The normalized spacial score (nSPS) is 14.7. The highest BCUT2D eigenvalue weighted by molar-refractivity contribution is 5.92. The first-order chi connectivity index (χ1) is 9.31. The number of anilines is 1. The lowest BCUT2D eigenvalue weighted by atomic mass is 10.2. The molecule has 0 atom stereocenters. The van der Waals surface area contributed by atoms with Crippen LogP contribution < -0.4 is 10.2 Å². The molecule has 0 aliphatic carbocycles. The maximum absolute atomic E-state index is 11.9. The van der Waals surface area contributed by atoms with Gasteiger partial charge in [0.25, 0.3) is 5.91 Å². The van der Waals surface area contributed by atoms with Gasteiger partial charge >= 0.3 is 0 Å². The Bertz CT molecular complexity index is 396. The summed E-state index contributed by atoms with van der Waals surface area (Å²) in [5.41, 5.74) is 1.64. The Morgan fingerprint density at radius 2 is 2.11 bits per heavy atom. The zero-order valence-corrected chi connectivity index (χ0v) is 11.7. The molecular formula is C15H23N3O. The van der Waals surface area contributed by atoms with E-state index in [4.69, 9.17) is 0 Å². The van der Waals surface area contributed by atoms with Crippen LogP contribution in [0.25, 0.3) is 0 Å². The van der Waals surface area contributed by atoms with Crippen molar-refractivity contribution in [3.8, 4) is 0 Å². The molecular weight excluding hydrogens is 238 g/mol. The first kappa shape index (κ1) is 13.8. The number of hydrogen-bond acceptors (Lipinski definition) is 3. The van der Waals surface area contributed by atoms with Crippen molar-refractivity contribution < 1.29 is 4.79 Å². The van der Waals surface area contributed by atoms with Crippen LogP contribution >= 0.6 is 0 Å². The van der Waals surface area contributed by atoms with Gasteiger partial charge in [0.1, 0.15) is 5.69 Å². The first-order valence-corrected chi connectivity index (χ1v) is 7.30. The predicted molar refractivity (Wildman–Crippen MR) is 77.5 cm³/mol. The van der Waals surface area contributed by atoms with Crippen LogP contribution in [0.4, 0.5) is 5.69 Å². The van der Waals surface area contributed by atoms with Gasteiger partial charge in [-0.3, -0.25) is 4.79 Å². The minimum absolute atomic E-state index is 0.0657. The second kappa shape index (κ2) is 7.12. The third-order valence-electron chi connectivity index (χ3n) is 3.52. The topological polar surface area (TPSA) is 45.2 Å². The fourth-order valence-electron chi connectivity index (χ4n) is 2.35. The van der Waals surface area contributed by atoms with E-state index in [0.717, 1.165) is 38.2 Å². The molecule has 0 aromatic carbocycles. The highest BCUT2D eigenvalue weighted by Gasteiger charge is 2.13. The summed E-state index contributed by atoms with van der Waals surface area (Å²) in [5, 5.41) is 2.91. The van der Waals surface area contributed by atoms with Crippen LogP contribution in [-0.2, 0) is 0 Å². The Morgan fingerprint density at radius 3 is 2.74 bits per heavy atom. The predicted octanol–water partition coefficient (Wildman–Crippen LogP) is 2.60. The fraction of sp³-hybridized carbons (Fsp3) is 0.600. The van der Waals surface area contributed by atoms with Crippen LogP contribution in [0.15, 0.2) is 18.3 Å². The van der Waals surface area contributed by atoms with Crippen molar-refractivity contribution in [3.05, 3.63) is 24.0 Å². The van der Waals surface area contributed by atoms with Gasteiger partial charge < -0.3 is 10.2 Å². The molecule has 1 aromatic rings. The van der Waals surface area contributed by atoms with Crippen molar-refractivity contribution in [1.82, 2.24) is 10.3 Å². The molecule has 4 heteroatoms. The average Bonchev–Trinajstić information content (AvgIpc) is 2.98. The van der Waals surface area contributed by atoms with Crippen molar-refractivity contribution in [2.45, 2.75) is 39.0 Å². The molecule has 4 nitrogen and oxygen atoms in total. The minimum atomic E-state index is -0.0657. The van der Waals surface area contributed by atoms with Crippen LogP contribution in [0.2, 0.25) is 0 Å². The van der Waals surface area contributed by atoms with Crippen molar-refractivity contribution in [2.75, 3.05) is 24.5 Å². The van der Waals surface area contributed by atoms with E-state index in [1.165, 1.54) is 19.3 Å². The van der Waals surface area contributed by atoms with Gasteiger partial charge in [0.15, 0.2) is 0 Å². The summed E-state index contributed by atoms with van der Waals surface area (Å²) in [6, 6.07) is 3.82. The zero-order valence-electron chi connectivity index (χ0n) is 11.7. The number of hydrogen-bond donors (Lipinski definition) is 1. The van der Waals surface area contributed by atoms with Gasteiger partial charge in [-0.2, -0.15) is 0 Å². The third kappa shape index (κ3) is 3.94. The van der Waals surface area contributed by atoms with Gasteiger partial charge in [0.05, 0.1) is 11.9 Å². The summed E-state index contributed by atoms with van der Waals surface area (Å²) < 4.78 is 0. The lowest BCUT2D eigenvalue weighted by Crippen LogP contribution is -2.25. The lowest BCUT2D eigenvalue weighted by Gasteiger charge is -2.16. The number of carbonyl (C=O) groups is 1. The van der Waals surface area contributed by atoms with Crippen LogP contribution in [-0.4, -0.2) is 30.5 Å². The number of nitrogens with zero attached hydrogens (tertiary/aromatic N) is 2. The quantitative estimate of drug-likeness (QED) is 0.801. The van der Waals surface area contributed by atoms with Crippen molar-refractivity contribution in [3.63, 3.8) is 0 Å². The van der Waals surface area contributed by atoms with E-state index in [1.807, 2.05) is 18.3 Å². The average molecular weight is 261 g/mol. The molecule has 104 valence electrons. The first-order valence-electron chi connectivity index (χ1n) is 7.30. The number of rotatable bonds is 6. The van der Waals surface area contributed by atoms with Gasteiger partial charge in [0, 0.05) is 19.6 Å². The van der Waals surface area contributed by atoms with E-state index in [-0.39, 0.29) is 5.91 Å². The van der Waals surface area contributed by atoms with Crippen molar-refractivity contribution in [1.29, 1.82) is 0 Å². The number of pyridine rings is 1. The molecule has 2 heterocycles. The molecule has 0 spiro atoms. The molecule has 0 saturated carbocycles. The molecule has 1 aliphatic heterocycles. The molecule has 1 aliphatic rings. The zero-order chi connectivity index (χ0) is 13.5. The lowest BCUT2D eigenvalue weighted by molar-refractivity contribution is 0.0948. The minimum Gasteiger partial charge on any atom is -0.370 e. The summed E-state index contributed by atoms with van der Waals surface area (Å²) in [6.07, 6.45) is 7.67. The van der Waals surface area contributed by atoms with Crippen molar-refractivity contribution >= 4 is 11.6 Å². The van der Waals surface area contributed by atoms with E-state index in [0.29, 0.717) is 5.69 Å². The van der Waals surface area contributed by atoms with E-state index in [9.17, 15) is 4.79 Å². The van der Waals surface area contributed by atoms with Crippen molar-refractivity contribution in [2.24, 2.45) is 0 Å². The summed E-state index contributed by atoms with van der Waals surface area (Å²) in [4.78, 5) is 18.4. The molecule has 1 aromatic heterocycles. The Morgan fingerprint density at radius 1 is 1.32 bits per heavy atom. The summed E-state index contributed by atoms with van der Waals surface area (Å²) >= 11 is 0. The van der Waals surface area contributed by atoms with E-state index in [1.54, 1.807) is 0 Å². The molecule has 19 heavy (non-hydrogen) atoms. The number of amides is 1. The van der Waals surface area contributed by atoms with Gasteiger partial charge in [-0.15, -0.1) is 0 Å². The molecule has 1 fully saturated rings. The van der Waals surface area contributed by atoms with Crippen LogP contribution in [0, 0.1) is 0 Å². The fourth-order valence-corrected chi connectivity index (χ4v) is 2.35. The van der Waals surface area contributed by atoms with Gasteiger partial charge in [-0.25, -0.2) is 4.98 Å². The van der Waals surface area contributed by atoms with Gasteiger partial charge in [-0.05, 0) is 31.4 Å². The van der Waals surface area contributed by atoms with Gasteiger partial charge in [0.2, 0.25) is 0 Å². The highest BCUT2D eigenvalue weighted by atomic mass is 16.1. The Balaban J connectivity index is 1.85. The molecule has 0 radical (unpaired) electrons. The summed E-state index contributed by atoms with van der Waals surface area (Å²) in [7, 11) is 0. The Kier molecular flexibility index (Phi) is 5.19. The molecule has 1 amide bonds. The second-order valence-corrected chi connectivity index (χ2v) is 5.06. The Hall–Kier alpha value is -1.58. The number of aromatic nitrogens is 1. The Labute approximate surface area is 115 Å².